The maximum atomic E-state index is 11.9. The molecule has 1 N–H and O–H groups in total. The van der Waals surface area contributed by atoms with Gasteiger partial charge in [0.2, 0.25) is 5.91 Å². The molecule has 0 atom stereocenters. The van der Waals surface area contributed by atoms with E-state index in [1.165, 1.54) is 12.3 Å². The van der Waals surface area contributed by atoms with Crippen molar-refractivity contribution < 1.29 is 14.4 Å². The number of thioether (sulfide) groups is 1. The van der Waals surface area contributed by atoms with Gasteiger partial charge in [-0.15, -0.1) is 0 Å². The largest absolute Gasteiger partial charge is 0.618 e. The number of hydrogen-bond donors (Lipinski definition) is 1. The third kappa shape index (κ3) is 3.95. The van der Waals surface area contributed by atoms with E-state index in [0.717, 1.165) is 11.8 Å². The number of carbonyl (C=O) groups is 1. The number of rotatable bonds is 5. The van der Waals surface area contributed by atoms with Crippen LogP contribution in [0.5, 0.6) is 0 Å². The summed E-state index contributed by atoms with van der Waals surface area (Å²) in [5, 5.41) is 25.3. The summed E-state index contributed by atoms with van der Waals surface area (Å²) in [7, 11) is 0. The van der Waals surface area contributed by atoms with E-state index in [1.807, 2.05) is 0 Å². The van der Waals surface area contributed by atoms with E-state index in [4.69, 9.17) is 0 Å². The van der Waals surface area contributed by atoms with Crippen LogP contribution in [0.4, 0.5) is 11.4 Å². The van der Waals surface area contributed by atoms with Crippen molar-refractivity contribution >= 4 is 29.0 Å². The number of nitro benzene ring substituents is 1. The van der Waals surface area contributed by atoms with Gasteiger partial charge in [0, 0.05) is 29.4 Å². The van der Waals surface area contributed by atoms with Crippen molar-refractivity contribution in [3.8, 4) is 0 Å². The first-order chi connectivity index (χ1) is 10.5. The summed E-state index contributed by atoms with van der Waals surface area (Å²) in [5.74, 6) is -0.305. The summed E-state index contributed by atoms with van der Waals surface area (Å²) in [6.45, 7) is 1.63. The molecule has 1 amide bonds. The van der Waals surface area contributed by atoms with Crippen LogP contribution in [0.2, 0.25) is 0 Å². The van der Waals surface area contributed by atoms with Crippen molar-refractivity contribution in [3.63, 3.8) is 0 Å². The molecule has 0 aliphatic rings. The second kappa shape index (κ2) is 6.90. The number of nitrogens with zero attached hydrogens (tertiary/aromatic N) is 2. The van der Waals surface area contributed by atoms with Gasteiger partial charge in [-0.25, -0.2) is 0 Å². The van der Waals surface area contributed by atoms with Crippen molar-refractivity contribution in [2.75, 3.05) is 11.1 Å². The van der Waals surface area contributed by atoms with Gasteiger partial charge in [0.05, 0.1) is 10.7 Å². The topological polar surface area (TPSA) is 99.2 Å². The van der Waals surface area contributed by atoms with E-state index in [9.17, 15) is 20.1 Å². The predicted octanol–water partition coefficient (Wildman–Crippen LogP) is 2.27. The van der Waals surface area contributed by atoms with Crippen LogP contribution >= 0.6 is 11.8 Å². The summed E-state index contributed by atoms with van der Waals surface area (Å²) in [5.41, 5.74) is 0.825. The van der Waals surface area contributed by atoms with Crippen LogP contribution < -0.4 is 10.0 Å². The Kier molecular flexibility index (Phi) is 4.95. The van der Waals surface area contributed by atoms with Crippen LogP contribution in [0.15, 0.2) is 47.6 Å². The number of aromatic nitrogens is 1. The minimum atomic E-state index is -0.496. The van der Waals surface area contributed by atoms with E-state index < -0.39 is 4.92 Å². The van der Waals surface area contributed by atoms with Crippen LogP contribution in [0.3, 0.4) is 0 Å². The number of pyridine rings is 1. The summed E-state index contributed by atoms with van der Waals surface area (Å²) < 4.78 is 0.675. The summed E-state index contributed by atoms with van der Waals surface area (Å²) in [6, 6.07) is 9.40. The van der Waals surface area contributed by atoms with Gasteiger partial charge >= 0.3 is 0 Å². The normalized spacial score (nSPS) is 10.2. The molecule has 2 aromatic rings. The molecule has 1 aromatic carbocycles. The number of nitrogens with one attached hydrogen (secondary N) is 1. The molecule has 0 fully saturated rings. The lowest BCUT2D eigenvalue weighted by atomic mass is 10.2. The van der Waals surface area contributed by atoms with Gasteiger partial charge in [-0.1, -0.05) is 6.07 Å². The molecule has 8 heteroatoms. The van der Waals surface area contributed by atoms with E-state index in [1.54, 1.807) is 37.3 Å². The molecular weight excluding hydrogens is 306 g/mol. The average molecular weight is 319 g/mol. The minimum Gasteiger partial charge on any atom is -0.618 e. The lowest BCUT2D eigenvalue weighted by Crippen LogP contribution is -2.28. The Hall–Kier alpha value is -2.61. The second-order valence-corrected chi connectivity index (χ2v) is 5.46. The van der Waals surface area contributed by atoms with Gasteiger partial charge in [-0.3, -0.25) is 14.9 Å². The van der Waals surface area contributed by atoms with Crippen molar-refractivity contribution in [2.24, 2.45) is 0 Å². The zero-order chi connectivity index (χ0) is 16.1. The van der Waals surface area contributed by atoms with Crippen LogP contribution in [0.25, 0.3) is 0 Å². The molecule has 22 heavy (non-hydrogen) atoms. The Bertz CT molecular complexity index is 721. The molecule has 1 aromatic heterocycles. The lowest BCUT2D eigenvalue weighted by molar-refractivity contribution is -0.645. The van der Waals surface area contributed by atoms with Crippen molar-refractivity contribution in [1.29, 1.82) is 0 Å². The number of amides is 1. The number of nitro groups is 1. The van der Waals surface area contributed by atoms with Gasteiger partial charge in [0.25, 0.3) is 10.7 Å². The molecular formula is C14H13N3O4S. The quantitative estimate of drug-likeness (QED) is 0.300. The molecule has 0 spiro atoms. The molecule has 0 bridgehead atoms. The van der Waals surface area contributed by atoms with Crippen molar-refractivity contribution in [3.05, 3.63) is 63.5 Å². The van der Waals surface area contributed by atoms with Gasteiger partial charge in [0.15, 0.2) is 6.20 Å². The Morgan fingerprint density at radius 1 is 1.36 bits per heavy atom. The Morgan fingerprint density at radius 2 is 2.14 bits per heavy atom. The highest BCUT2D eigenvalue weighted by Gasteiger charge is 2.13. The molecule has 2 rings (SSSR count). The molecule has 7 nitrogen and oxygen atoms in total. The molecule has 114 valence electrons. The van der Waals surface area contributed by atoms with Gasteiger partial charge in [-0.05, 0) is 30.8 Å². The van der Waals surface area contributed by atoms with E-state index >= 15 is 0 Å². The highest BCUT2D eigenvalue weighted by Crippen LogP contribution is 2.22. The first kappa shape index (κ1) is 15.8. The Labute approximate surface area is 130 Å². The monoisotopic (exact) mass is 319 g/mol. The van der Waals surface area contributed by atoms with E-state index in [-0.39, 0.29) is 17.3 Å². The first-order valence-corrected chi connectivity index (χ1v) is 7.32. The van der Waals surface area contributed by atoms with Crippen LogP contribution in [0.1, 0.15) is 5.56 Å². The minimum absolute atomic E-state index is 0.0356. The fraction of sp³-hybridized carbons (Fsp3) is 0.143. The third-order valence-corrected chi connectivity index (χ3v) is 3.85. The van der Waals surface area contributed by atoms with Gasteiger partial charge in [0.1, 0.15) is 0 Å². The van der Waals surface area contributed by atoms with Gasteiger partial charge in [-0.2, -0.15) is 4.73 Å². The maximum absolute atomic E-state index is 11.9. The van der Waals surface area contributed by atoms with Crippen LogP contribution in [-0.4, -0.2) is 16.6 Å². The smallest absolute Gasteiger partial charge is 0.274 e. The number of hydrogen-bond acceptors (Lipinski definition) is 5. The molecule has 0 saturated heterocycles. The molecule has 0 radical (unpaired) electrons. The lowest BCUT2D eigenvalue weighted by Gasteiger charge is -2.06. The van der Waals surface area contributed by atoms with Gasteiger partial charge < -0.3 is 10.5 Å². The summed E-state index contributed by atoms with van der Waals surface area (Å²) in [4.78, 5) is 22.2. The van der Waals surface area contributed by atoms with Crippen molar-refractivity contribution in [1.82, 2.24) is 0 Å². The number of benzene rings is 1. The highest BCUT2D eigenvalue weighted by atomic mass is 32.2. The predicted molar refractivity (Wildman–Crippen MR) is 82.6 cm³/mol. The van der Waals surface area contributed by atoms with Crippen molar-refractivity contribution in [2.45, 2.75) is 11.9 Å². The van der Waals surface area contributed by atoms with E-state index in [0.29, 0.717) is 21.0 Å². The second-order valence-electron chi connectivity index (χ2n) is 4.46. The first-order valence-electron chi connectivity index (χ1n) is 6.33. The van der Waals surface area contributed by atoms with Crippen LogP contribution in [0, 0.1) is 22.2 Å². The molecule has 0 saturated carbocycles. The number of aryl methyl sites for hydroxylation is 1. The zero-order valence-electron chi connectivity index (χ0n) is 11.7. The average Bonchev–Trinajstić information content (AvgIpc) is 2.48. The maximum Gasteiger partial charge on any atom is 0.274 e. The Morgan fingerprint density at radius 3 is 2.82 bits per heavy atom. The number of carbonyl (C=O) groups excluding carboxylic acids is 1. The molecule has 0 aliphatic carbocycles. The molecule has 1 heterocycles. The standard InChI is InChI=1S/C14H13N3O4S/c1-10-5-6-11(8-12(10)17(20)21)15-13(18)9-22-14-4-2-3-7-16(14)19/h2-8H,9H2,1H3,(H,15,18). The zero-order valence-corrected chi connectivity index (χ0v) is 12.5. The number of anilines is 1. The molecule has 0 aliphatic heterocycles. The summed E-state index contributed by atoms with van der Waals surface area (Å²) in [6.07, 6.45) is 1.35. The van der Waals surface area contributed by atoms with Crippen LogP contribution in [-0.2, 0) is 4.79 Å². The summed E-state index contributed by atoms with van der Waals surface area (Å²) >= 11 is 1.09. The Balaban J connectivity index is 1.99. The SMILES string of the molecule is Cc1ccc(NC(=O)CSc2cccc[n+]2[O-])cc1[N+](=O)[O-]. The molecule has 0 unspecified atom stereocenters. The highest BCUT2D eigenvalue weighted by molar-refractivity contribution is 7.99. The fourth-order valence-corrected chi connectivity index (χ4v) is 2.46. The fourth-order valence-electron chi connectivity index (χ4n) is 1.74. The third-order valence-electron chi connectivity index (χ3n) is 2.83. The van der Waals surface area contributed by atoms with E-state index in [2.05, 4.69) is 5.32 Å².